The Bertz CT molecular complexity index is 651. The average Bonchev–Trinajstić information content (AvgIpc) is 2.56. The van der Waals surface area contributed by atoms with Gasteiger partial charge in [0, 0.05) is 0 Å². The van der Waals surface area contributed by atoms with Gasteiger partial charge in [0.05, 0.1) is 6.61 Å². The Balaban J connectivity index is 2.22. The molecule has 2 rings (SSSR count). The molecule has 0 aliphatic rings. The first-order valence-corrected chi connectivity index (χ1v) is 9.58. The first-order valence-electron chi connectivity index (χ1n) is 7.56. The summed E-state index contributed by atoms with van der Waals surface area (Å²) in [6.07, 6.45) is 0. The van der Waals surface area contributed by atoms with Gasteiger partial charge in [-0.05, 0) is 50.3 Å². The number of nitrogens with one attached hydrogen (secondary N) is 1. The van der Waals surface area contributed by atoms with Crippen molar-refractivity contribution in [1.82, 2.24) is 5.32 Å². The molecule has 0 fully saturated rings. The summed E-state index contributed by atoms with van der Waals surface area (Å²) in [7, 11) is -3.61. The Hall–Kier alpha value is -2.04. The van der Waals surface area contributed by atoms with Crippen LogP contribution in [0.4, 0.5) is 0 Å². The van der Waals surface area contributed by atoms with Crippen molar-refractivity contribution in [3.8, 4) is 11.5 Å². The van der Waals surface area contributed by atoms with Crippen molar-refractivity contribution >= 4 is 25.0 Å². The number of thiocarbonyl (C=S) groups is 1. The van der Waals surface area contributed by atoms with Crippen LogP contribution in [0.25, 0.3) is 0 Å². The van der Waals surface area contributed by atoms with Gasteiger partial charge in [0.2, 0.25) is 0 Å². The molecule has 2 aromatic carbocycles. The van der Waals surface area contributed by atoms with Crippen LogP contribution >= 0.6 is 19.8 Å². The molecule has 1 unspecified atom stereocenters. The van der Waals surface area contributed by atoms with E-state index >= 15 is 0 Å². The van der Waals surface area contributed by atoms with Crippen molar-refractivity contribution in [2.24, 2.45) is 0 Å². The lowest BCUT2D eigenvalue weighted by Crippen LogP contribution is -2.35. The van der Waals surface area contributed by atoms with Gasteiger partial charge in [-0.2, -0.15) is 0 Å². The van der Waals surface area contributed by atoms with Crippen molar-refractivity contribution in [2.45, 2.75) is 19.6 Å². The lowest BCUT2D eigenvalue weighted by atomic mass is 10.3. The molecule has 128 valence electrons. The van der Waals surface area contributed by atoms with Crippen molar-refractivity contribution < 1.29 is 18.3 Å². The number of rotatable bonds is 7. The summed E-state index contributed by atoms with van der Waals surface area (Å²) in [6, 6.07) is 17.8. The van der Waals surface area contributed by atoms with E-state index in [1.165, 1.54) is 0 Å². The van der Waals surface area contributed by atoms with Crippen LogP contribution in [0.2, 0.25) is 0 Å². The minimum Gasteiger partial charge on any atom is -0.471 e. The maximum absolute atomic E-state index is 13.4. The molecule has 7 heteroatoms. The third kappa shape index (κ3) is 5.25. The van der Waals surface area contributed by atoms with Gasteiger partial charge in [0.25, 0.3) is 5.17 Å². The lowest BCUT2D eigenvalue weighted by Gasteiger charge is -2.26. The molecule has 0 bridgehead atoms. The van der Waals surface area contributed by atoms with Crippen LogP contribution in [0.1, 0.15) is 13.8 Å². The van der Waals surface area contributed by atoms with Crippen molar-refractivity contribution in [2.75, 3.05) is 6.61 Å². The number of hydrogen-bond acceptors (Lipinski definition) is 5. The average molecular weight is 365 g/mol. The Morgan fingerprint density at radius 2 is 1.50 bits per heavy atom. The maximum atomic E-state index is 13.4. The Morgan fingerprint density at radius 3 is 1.92 bits per heavy atom. The van der Waals surface area contributed by atoms with Gasteiger partial charge in [-0.3, -0.25) is 0 Å². The second-order valence-electron chi connectivity index (χ2n) is 4.89. The fourth-order valence-corrected chi connectivity index (χ4v) is 3.70. The quantitative estimate of drug-likeness (QED) is 0.572. The highest BCUT2D eigenvalue weighted by Gasteiger charge is 2.37. The molecule has 0 heterocycles. The number of ether oxygens (including phenoxy) is 1. The number of benzene rings is 2. The summed E-state index contributed by atoms with van der Waals surface area (Å²) in [5, 5.41) is 3.01. The zero-order valence-corrected chi connectivity index (χ0v) is 15.3. The van der Waals surface area contributed by atoms with Gasteiger partial charge in [-0.25, -0.2) is 4.57 Å². The predicted octanol–water partition coefficient (Wildman–Crippen LogP) is 4.59. The standard InChI is InChI=1S/C17H20NO4PS/c1-3-20-17(24)18-14(2)23(19,21-15-10-6-4-7-11-15)22-16-12-8-5-9-13-16/h4-14H,3H2,1-2H3,(H,18,24). The highest BCUT2D eigenvalue weighted by atomic mass is 32.1. The van der Waals surface area contributed by atoms with Crippen LogP contribution in [0.15, 0.2) is 60.7 Å². The van der Waals surface area contributed by atoms with Crippen LogP contribution in [-0.2, 0) is 9.30 Å². The molecule has 1 N–H and O–H groups in total. The van der Waals surface area contributed by atoms with E-state index in [0.29, 0.717) is 18.1 Å². The number of hydrogen-bond donors (Lipinski definition) is 1. The van der Waals surface area contributed by atoms with E-state index in [9.17, 15) is 4.57 Å². The second-order valence-corrected chi connectivity index (χ2v) is 7.48. The highest BCUT2D eigenvalue weighted by Crippen LogP contribution is 2.51. The minimum absolute atomic E-state index is 0.151. The molecule has 0 spiro atoms. The zero-order chi connectivity index (χ0) is 17.4. The Labute approximate surface area is 147 Å². The van der Waals surface area contributed by atoms with Crippen molar-refractivity contribution in [3.63, 3.8) is 0 Å². The molecule has 0 saturated carbocycles. The first-order chi connectivity index (χ1) is 11.5. The van der Waals surface area contributed by atoms with E-state index in [1.807, 2.05) is 19.1 Å². The summed E-state index contributed by atoms with van der Waals surface area (Å²) >= 11 is 5.06. The van der Waals surface area contributed by atoms with Crippen LogP contribution in [0, 0.1) is 0 Å². The SMILES string of the molecule is CCOC(=S)NC(C)P(=O)(Oc1ccccc1)Oc1ccccc1. The number of para-hydroxylation sites is 2. The predicted molar refractivity (Wildman–Crippen MR) is 98.6 cm³/mol. The largest absolute Gasteiger partial charge is 0.471 e. The Kier molecular flexibility index (Phi) is 6.64. The summed E-state index contributed by atoms with van der Waals surface area (Å²) in [4.78, 5) is 0. The lowest BCUT2D eigenvalue weighted by molar-refractivity contribution is 0.313. The van der Waals surface area contributed by atoms with Gasteiger partial charge in [-0.15, -0.1) is 0 Å². The van der Waals surface area contributed by atoms with E-state index < -0.39 is 13.4 Å². The van der Waals surface area contributed by atoms with Crippen molar-refractivity contribution in [1.29, 1.82) is 0 Å². The van der Waals surface area contributed by atoms with Crippen LogP contribution in [-0.4, -0.2) is 17.6 Å². The van der Waals surface area contributed by atoms with Gasteiger partial charge in [0.15, 0.2) is 5.78 Å². The molecular formula is C17H20NO4PS. The van der Waals surface area contributed by atoms with Gasteiger partial charge >= 0.3 is 7.60 Å². The first kappa shape index (κ1) is 18.3. The van der Waals surface area contributed by atoms with E-state index in [2.05, 4.69) is 5.32 Å². The Morgan fingerprint density at radius 1 is 1.04 bits per heavy atom. The molecule has 0 amide bonds. The molecule has 0 aliphatic heterocycles. The molecule has 0 saturated heterocycles. The zero-order valence-electron chi connectivity index (χ0n) is 13.5. The molecule has 5 nitrogen and oxygen atoms in total. The third-order valence-electron chi connectivity index (χ3n) is 3.03. The maximum Gasteiger partial charge on any atom is 0.452 e. The van der Waals surface area contributed by atoms with Crippen LogP contribution < -0.4 is 14.4 Å². The van der Waals surface area contributed by atoms with Gasteiger partial charge in [-0.1, -0.05) is 36.4 Å². The van der Waals surface area contributed by atoms with E-state index in [0.717, 1.165) is 0 Å². The molecule has 0 aliphatic carbocycles. The summed E-state index contributed by atoms with van der Waals surface area (Å²) in [5.41, 5.74) is 0. The smallest absolute Gasteiger partial charge is 0.452 e. The third-order valence-corrected chi connectivity index (χ3v) is 5.27. The monoisotopic (exact) mass is 365 g/mol. The molecule has 1 atom stereocenters. The summed E-state index contributed by atoms with van der Waals surface area (Å²) < 4.78 is 30.0. The van der Waals surface area contributed by atoms with Crippen LogP contribution in [0.5, 0.6) is 11.5 Å². The highest BCUT2D eigenvalue weighted by molar-refractivity contribution is 7.80. The van der Waals surface area contributed by atoms with E-state index in [1.54, 1.807) is 55.5 Å². The summed E-state index contributed by atoms with van der Waals surface area (Å²) in [6.45, 7) is 3.92. The minimum atomic E-state index is -3.61. The second kappa shape index (κ2) is 8.71. The molecule has 24 heavy (non-hydrogen) atoms. The van der Waals surface area contributed by atoms with Gasteiger partial charge < -0.3 is 19.1 Å². The molecule has 2 aromatic rings. The molecular weight excluding hydrogens is 345 g/mol. The topological polar surface area (TPSA) is 56.8 Å². The van der Waals surface area contributed by atoms with Crippen LogP contribution in [0.3, 0.4) is 0 Å². The van der Waals surface area contributed by atoms with Gasteiger partial charge in [0.1, 0.15) is 11.5 Å². The van der Waals surface area contributed by atoms with E-state index in [-0.39, 0.29) is 5.17 Å². The normalized spacial score (nSPS) is 12.1. The van der Waals surface area contributed by atoms with E-state index in [4.69, 9.17) is 26.0 Å². The fraction of sp³-hybridized carbons (Fsp3) is 0.235. The fourth-order valence-electron chi connectivity index (χ4n) is 1.86. The molecule has 0 aromatic heterocycles. The van der Waals surface area contributed by atoms with Crippen molar-refractivity contribution in [3.05, 3.63) is 60.7 Å². The summed E-state index contributed by atoms with van der Waals surface area (Å²) in [5.74, 6) is 0.206. The molecule has 0 radical (unpaired) electrons.